The van der Waals surface area contributed by atoms with Crippen molar-refractivity contribution in [1.29, 1.82) is 0 Å². The van der Waals surface area contributed by atoms with Gasteiger partial charge in [0.2, 0.25) is 0 Å². The van der Waals surface area contributed by atoms with E-state index < -0.39 is 11.6 Å². The predicted octanol–water partition coefficient (Wildman–Crippen LogP) is 4.28. The van der Waals surface area contributed by atoms with Gasteiger partial charge < -0.3 is 9.72 Å². The number of halogens is 3. The van der Waals surface area contributed by atoms with Crippen molar-refractivity contribution in [3.05, 3.63) is 46.4 Å². The molecule has 2 aromatic carbocycles. The van der Waals surface area contributed by atoms with Crippen molar-refractivity contribution in [3.8, 4) is 17.1 Å². The van der Waals surface area contributed by atoms with E-state index in [9.17, 15) is 8.78 Å². The first kappa shape index (κ1) is 13.1. The summed E-state index contributed by atoms with van der Waals surface area (Å²) in [5, 5.41) is 0. The molecule has 0 aliphatic rings. The molecule has 0 fully saturated rings. The summed E-state index contributed by atoms with van der Waals surface area (Å²) in [6.45, 7) is 0. The number of hydrogen-bond acceptors (Lipinski definition) is 2. The van der Waals surface area contributed by atoms with Crippen LogP contribution in [0.2, 0.25) is 0 Å². The summed E-state index contributed by atoms with van der Waals surface area (Å²) in [5.41, 5.74) is 1.56. The van der Waals surface area contributed by atoms with Gasteiger partial charge in [0.05, 0.1) is 18.1 Å². The second-order valence-electron chi connectivity index (χ2n) is 4.21. The van der Waals surface area contributed by atoms with E-state index in [4.69, 9.17) is 4.74 Å². The third-order valence-electron chi connectivity index (χ3n) is 2.95. The number of imidazole rings is 1. The van der Waals surface area contributed by atoms with Crippen LogP contribution >= 0.6 is 15.9 Å². The van der Waals surface area contributed by atoms with E-state index in [0.29, 0.717) is 22.6 Å². The number of hydrogen-bond donors (Lipinski definition) is 1. The smallest absolute Gasteiger partial charge is 0.161 e. The van der Waals surface area contributed by atoms with Crippen LogP contribution in [0.5, 0.6) is 5.75 Å². The lowest BCUT2D eigenvalue weighted by molar-refractivity contribution is 0.415. The first-order valence-corrected chi connectivity index (χ1v) is 6.56. The number of benzene rings is 2. The Kier molecular flexibility index (Phi) is 3.17. The van der Waals surface area contributed by atoms with E-state index in [1.165, 1.54) is 0 Å². The highest BCUT2D eigenvalue weighted by Gasteiger charge is 2.12. The maximum Gasteiger partial charge on any atom is 0.161 e. The van der Waals surface area contributed by atoms with Crippen LogP contribution in [0.3, 0.4) is 0 Å². The SMILES string of the molecule is COc1ccc(Br)c(-c2nc3cc(F)c(F)cc3[nH]2)c1. The van der Waals surface area contributed by atoms with Gasteiger partial charge in [-0.2, -0.15) is 0 Å². The predicted molar refractivity (Wildman–Crippen MR) is 75.7 cm³/mol. The Bertz CT molecular complexity index is 762. The molecule has 3 aromatic rings. The fourth-order valence-electron chi connectivity index (χ4n) is 1.95. The molecule has 0 unspecified atom stereocenters. The summed E-state index contributed by atoms with van der Waals surface area (Å²) in [5.74, 6) is -0.644. The van der Waals surface area contributed by atoms with Gasteiger partial charge in [-0.1, -0.05) is 15.9 Å². The molecule has 0 saturated heterocycles. The number of methoxy groups -OCH3 is 1. The van der Waals surface area contributed by atoms with Crippen molar-refractivity contribution in [3.63, 3.8) is 0 Å². The van der Waals surface area contributed by atoms with Crippen molar-refractivity contribution in [2.45, 2.75) is 0 Å². The van der Waals surface area contributed by atoms with Gasteiger partial charge in [-0.3, -0.25) is 0 Å². The molecule has 1 N–H and O–H groups in total. The van der Waals surface area contributed by atoms with Crippen LogP contribution in [0.1, 0.15) is 0 Å². The third-order valence-corrected chi connectivity index (χ3v) is 3.64. The van der Waals surface area contributed by atoms with Crippen LogP contribution in [-0.4, -0.2) is 17.1 Å². The molecule has 102 valence electrons. The summed E-state index contributed by atoms with van der Waals surface area (Å²) in [6.07, 6.45) is 0. The maximum absolute atomic E-state index is 13.2. The van der Waals surface area contributed by atoms with Crippen molar-refractivity contribution >= 4 is 27.0 Å². The lowest BCUT2D eigenvalue weighted by Crippen LogP contribution is -1.86. The second kappa shape index (κ2) is 4.86. The molecule has 20 heavy (non-hydrogen) atoms. The van der Waals surface area contributed by atoms with Crippen LogP contribution < -0.4 is 4.74 Å². The van der Waals surface area contributed by atoms with E-state index in [1.54, 1.807) is 19.2 Å². The second-order valence-corrected chi connectivity index (χ2v) is 5.07. The molecular weight excluding hydrogens is 330 g/mol. The summed E-state index contributed by atoms with van der Waals surface area (Å²) in [4.78, 5) is 7.24. The van der Waals surface area contributed by atoms with Gasteiger partial charge >= 0.3 is 0 Å². The number of nitrogens with zero attached hydrogens (tertiary/aromatic N) is 1. The Morgan fingerprint density at radius 1 is 1.15 bits per heavy atom. The molecule has 0 radical (unpaired) electrons. The molecular formula is C14H9BrF2N2O. The highest BCUT2D eigenvalue weighted by molar-refractivity contribution is 9.10. The zero-order valence-corrected chi connectivity index (χ0v) is 12.0. The van der Waals surface area contributed by atoms with Gasteiger partial charge in [0.15, 0.2) is 11.6 Å². The average molecular weight is 339 g/mol. The lowest BCUT2D eigenvalue weighted by Gasteiger charge is -2.04. The molecule has 3 rings (SSSR count). The van der Waals surface area contributed by atoms with E-state index in [2.05, 4.69) is 25.9 Å². The Labute approximate surface area is 121 Å². The average Bonchev–Trinajstić information content (AvgIpc) is 2.82. The van der Waals surface area contributed by atoms with E-state index in [1.807, 2.05) is 6.07 Å². The molecule has 1 aromatic heterocycles. The zero-order valence-electron chi connectivity index (χ0n) is 10.4. The minimum absolute atomic E-state index is 0.369. The van der Waals surface area contributed by atoms with E-state index >= 15 is 0 Å². The van der Waals surface area contributed by atoms with Gasteiger partial charge in [0, 0.05) is 22.2 Å². The molecule has 0 amide bonds. The number of rotatable bonds is 2. The molecule has 0 aliphatic carbocycles. The Morgan fingerprint density at radius 3 is 2.65 bits per heavy atom. The van der Waals surface area contributed by atoms with Gasteiger partial charge in [0.25, 0.3) is 0 Å². The molecule has 0 saturated carbocycles. The topological polar surface area (TPSA) is 37.9 Å². The van der Waals surface area contributed by atoms with Crippen LogP contribution in [0, 0.1) is 11.6 Å². The van der Waals surface area contributed by atoms with E-state index in [0.717, 1.165) is 22.2 Å². The monoisotopic (exact) mass is 338 g/mol. The molecule has 0 spiro atoms. The minimum Gasteiger partial charge on any atom is -0.497 e. The van der Waals surface area contributed by atoms with Crippen molar-refractivity contribution < 1.29 is 13.5 Å². The highest BCUT2D eigenvalue weighted by Crippen LogP contribution is 2.31. The van der Waals surface area contributed by atoms with Crippen LogP contribution in [0.25, 0.3) is 22.4 Å². The third kappa shape index (κ3) is 2.16. The standard InChI is InChI=1S/C14H9BrF2N2O/c1-20-7-2-3-9(15)8(4-7)14-18-12-5-10(16)11(17)6-13(12)19-14/h2-6H,1H3,(H,18,19). The Morgan fingerprint density at radius 2 is 1.90 bits per heavy atom. The van der Waals surface area contributed by atoms with Gasteiger partial charge in [-0.05, 0) is 18.2 Å². The molecule has 0 atom stereocenters. The lowest BCUT2D eigenvalue weighted by atomic mass is 10.2. The summed E-state index contributed by atoms with van der Waals surface area (Å²) in [6, 6.07) is 7.57. The van der Waals surface area contributed by atoms with Gasteiger partial charge in [-0.25, -0.2) is 13.8 Å². The fourth-order valence-corrected chi connectivity index (χ4v) is 2.38. The van der Waals surface area contributed by atoms with Crippen LogP contribution in [0.15, 0.2) is 34.8 Å². The first-order valence-electron chi connectivity index (χ1n) is 5.77. The number of nitrogens with one attached hydrogen (secondary N) is 1. The number of H-pyrrole nitrogens is 1. The molecule has 0 aliphatic heterocycles. The van der Waals surface area contributed by atoms with Crippen molar-refractivity contribution in [2.75, 3.05) is 7.11 Å². The normalized spacial score (nSPS) is 11.0. The number of ether oxygens (including phenoxy) is 1. The molecule has 3 nitrogen and oxygen atoms in total. The minimum atomic E-state index is -0.916. The Hall–Kier alpha value is -1.95. The number of fused-ring (bicyclic) bond motifs is 1. The van der Waals surface area contributed by atoms with Crippen LogP contribution in [-0.2, 0) is 0 Å². The summed E-state index contributed by atoms with van der Waals surface area (Å²) in [7, 11) is 1.57. The molecule has 0 bridgehead atoms. The molecule has 1 heterocycles. The summed E-state index contributed by atoms with van der Waals surface area (Å²) < 4.78 is 32.4. The quantitative estimate of drug-likeness (QED) is 0.757. The fraction of sp³-hybridized carbons (Fsp3) is 0.0714. The summed E-state index contributed by atoms with van der Waals surface area (Å²) >= 11 is 3.42. The molecule has 6 heteroatoms. The number of aromatic amines is 1. The van der Waals surface area contributed by atoms with Crippen molar-refractivity contribution in [1.82, 2.24) is 9.97 Å². The zero-order chi connectivity index (χ0) is 14.3. The van der Waals surface area contributed by atoms with Crippen LogP contribution in [0.4, 0.5) is 8.78 Å². The van der Waals surface area contributed by atoms with Crippen molar-refractivity contribution in [2.24, 2.45) is 0 Å². The number of aromatic nitrogens is 2. The van der Waals surface area contributed by atoms with Gasteiger partial charge in [-0.15, -0.1) is 0 Å². The first-order chi connectivity index (χ1) is 9.58. The Balaban J connectivity index is 2.19. The highest BCUT2D eigenvalue weighted by atomic mass is 79.9. The maximum atomic E-state index is 13.2. The van der Waals surface area contributed by atoms with Gasteiger partial charge in [0.1, 0.15) is 11.6 Å². The van der Waals surface area contributed by atoms with E-state index in [-0.39, 0.29) is 0 Å². The largest absolute Gasteiger partial charge is 0.497 e.